The van der Waals surface area contributed by atoms with E-state index in [2.05, 4.69) is 81.5 Å². The third kappa shape index (κ3) is 56.0. The van der Waals surface area contributed by atoms with Crippen LogP contribution in [0.5, 0.6) is 0 Å². The molecular weight excluding hydrogens is 865 g/mol. The van der Waals surface area contributed by atoms with Crippen LogP contribution >= 0.6 is 0 Å². The van der Waals surface area contributed by atoms with Crippen molar-refractivity contribution in [3.63, 3.8) is 0 Å². The van der Waals surface area contributed by atoms with Gasteiger partial charge in [-0.15, -0.1) is 0 Å². The van der Waals surface area contributed by atoms with Gasteiger partial charge in [0, 0.05) is 19.3 Å². The lowest BCUT2D eigenvalue weighted by Gasteiger charge is -2.18. The summed E-state index contributed by atoms with van der Waals surface area (Å²) in [7, 11) is 0. The smallest absolute Gasteiger partial charge is 0.306 e. The Hall–Kier alpha value is -2.89. The van der Waals surface area contributed by atoms with Crippen molar-refractivity contribution >= 4 is 17.9 Å². The molecule has 0 aliphatic rings. The Balaban J connectivity index is 4.03. The predicted molar refractivity (Wildman–Crippen MR) is 302 cm³/mol. The standard InChI is InChI=1S/C64H114O6/c1-4-7-10-13-16-18-20-22-24-26-27-28-29-30-31-32-33-34-35-36-37-39-40-42-44-46-48-51-54-57-63(66)69-60-61(59-68-62(65)56-53-50-15-12-9-6-3)70-64(67)58-55-52-49-47-45-43-41-38-25-23-21-19-17-14-11-8-5-2/h8,11,17,19-20,22-23,25-27,61H,4-7,9-10,12-16,18,21,24,28-60H2,1-3H3/b11-8-,19-17-,22-20-,25-23-,27-26-. The Labute approximate surface area is 434 Å². The van der Waals surface area contributed by atoms with E-state index in [0.717, 1.165) is 89.9 Å². The van der Waals surface area contributed by atoms with Crippen LogP contribution in [0.15, 0.2) is 60.8 Å². The first kappa shape index (κ1) is 67.1. The second-order valence-corrected chi connectivity index (χ2v) is 20.2. The Kier molecular flexibility index (Phi) is 56.3. The summed E-state index contributed by atoms with van der Waals surface area (Å²) in [6.45, 7) is 6.48. The zero-order chi connectivity index (χ0) is 50.7. The molecule has 6 heteroatoms. The lowest BCUT2D eigenvalue weighted by molar-refractivity contribution is -0.167. The summed E-state index contributed by atoms with van der Waals surface area (Å²) in [4.78, 5) is 37.9. The van der Waals surface area contributed by atoms with Crippen LogP contribution in [0, 0.1) is 0 Å². The molecule has 0 aromatic carbocycles. The Morgan fingerprint density at radius 2 is 0.557 bits per heavy atom. The minimum Gasteiger partial charge on any atom is -0.462 e. The van der Waals surface area contributed by atoms with Gasteiger partial charge >= 0.3 is 17.9 Å². The molecule has 0 bridgehead atoms. The Bertz CT molecular complexity index is 1260. The molecule has 0 aromatic rings. The molecule has 0 radical (unpaired) electrons. The number of esters is 3. The normalized spacial score (nSPS) is 12.4. The first-order valence-electron chi connectivity index (χ1n) is 30.3. The van der Waals surface area contributed by atoms with Crippen molar-refractivity contribution in [2.45, 2.75) is 316 Å². The maximum absolute atomic E-state index is 12.8. The number of allylic oxidation sites excluding steroid dienone is 10. The molecule has 1 atom stereocenters. The third-order valence-corrected chi connectivity index (χ3v) is 13.3. The van der Waals surface area contributed by atoms with Gasteiger partial charge in [0.25, 0.3) is 0 Å². The molecule has 70 heavy (non-hydrogen) atoms. The molecule has 0 saturated carbocycles. The fourth-order valence-corrected chi connectivity index (χ4v) is 8.72. The average Bonchev–Trinajstić information content (AvgIpc) is 3.36. The van der Waals surface area contributed by atoms with E-state index >= 15 is 0 Å². The molecule has 0 heterocycles. The highest BCUT2D eigenvalue weighted by molar-refractivity contribution is 5.71. The van der Waals surface area contributed by atoms with Crippen LogP contribution in [0.4, 0.5) is 0 Å². The van der Waals surface area contributed by atoms with Crippen LogP contribution < -0.4 is 0 Å². The van der Waals surface area contributed by atoms with Gasteiger partial charge in [0.1, 0.15) is 13.2 Å². The topological polar surface area (TPSA) is 78.9 Å². The van der Waals surface area contributed by atoms with E-state index in [0.29, 0.717) is 19.3 Å². The van der Waals surface area contributed by atoms with E-state index in [1.807, 2.05) is 0 Å². The fourth-order valence-electron chi connectivity index (χ4n) is 8.72. The minimum atomic E-state index is -0.775. The molecule has 0 spiro atoms. The van der Waals surface area contributed by atoms with Gasteiger partial charge in [-0.3, -0.25) is 14.4 Å². The van der Waals surface area contributed by atoms with Crippen molar-refractivity contribution in [1.29, 1.82) is 0 Å². The van der Waals surface area contributed by atoms with E-state index in [4.69, 9.17) is 14.2 Å². The van der Waals surface area contributed by atoms with Gasteiger partial charge in [-0.1, -0.05) is 268 Å². The molecule has 0 fully saturated rings. The van der Waals surface area contributed by atoms with E-state index in [1.165, 1.54) is 180 Å². The largest absolute Gasteiger partial charge is 0.462 e. The van der Waals surface area contributed by atoms with Crippen LogP contribution in [0.2, 0.25) is 0 Å². The highest BCUT2D eigenvalue weighted by atomic mass is 16.6. The predicted octanol–water partition coefficient (Wildman–Crippen LogP) is 20.4. The molecule has 6 nitrogen and oxygen atoms in total. The fraction of sp³-hybridized carbons (Fsp3) is 0.797. The second kappa shape index (κ2) is 58.7. The number of rotatable bonds is 55. The zero-order valence-electron chi connectivity index (χ0n) is 46.5. The number of ether oxygens (including phenoxy) is 3. The molecule has 1 unspecified atom stereocenters. The van der Waals surface area contributed by atoms with Crippen molar-refractivity contribution in [2.24, 2.45) is 0 Å². The molecular formula is C64H114O6. The molecule has 0 rings (SSSR count). The summed E-state index contributed by atoms with van der Waals surface area (Å²) in [6.07, 6.45) is 74.1. The van der Waals surface area contributed by atoms with Gasteiger partial charge < -0.3 is 14.2 Å². The molecule has 406 valence electrons. The molecule has 0 N–H and O–H groups in total. The van der Waals surface area contributed by atoms with Gasteiger partial charge in [0.15, 0.2) is 6.10 Å². The second-order valence-electron chi connectivity index (χ2n) is 20.2. The van der Waals surface area contributed by atoms with Crippen molar-refractivity contribution in [3.05, 3.63) is 60.8 Å². The highest BCUT2D eigenvalue weighted by Crippen LogP contribution is 2.17. The minimum absolute atomic E-state index is 0.0757. The first-order valence-corrected chi connectivity index (χ1v) is 30.3. The van der Waals surface area contributed by atoms with Crippen LogP contribution in [0.3, 0.4) is 0 Å². The van der Waals surface area contributed by atoms with Crippen molar-refractivity contribution in [2.75, 3.05) is 13.2 Å². The van der Waals surface area contributed by atoms with E-state index in [9.17, 15) is 14.4 Å². The zero-order valence-corrected chi connectivity index (χ0v) is 46.5. The van der Waals surface area contributed by atoms with Gasteiger partial charge in [0.05, 0.1) is 0 Å². The van der Waals surface area contributed by atoms with Crippen molar-refractivity contribution < 1.29 is 28.6 Å². The lowest BCUT2D eigenvalue weighted by atomic mass is 10.0. The summed E-state index contributed by atoms with van der Waals surface area (Å²) in [6, 6.07) is 0. The quantitative estimate of drug-likeness (QED) is 0.0261. The summed E-state index contributed by atoms with van der Waals surface area (Å²) >= 11 is 0. The number of unbranched alkanes of at least 4 members (excludes halogenated alkanes) is 34. The number of hydrogen-bond acceptors (Lipinski definition) is 6. The average molecular weight is 980 g/mol. The Morgan fingerprint density at radius 1 is 0.300 bits per heavy atom. The molecule has 0 aliphatic heterocycles. The maximum atomic E-state index is 12.8. The van der Waals surface area contributed by atoms with Crippen LogP contribution in [-0.2, 0) is 28.6 Å². The van der Waals surface area contributed by atoms with Crippen molar-refractivity contribution in [1.82, 2.24) is 0 Å². The van der Waals surface area contributed by atoms with Gasteiger partial charge in [-0.05, 0) is 83.5 Å². The van der Waals surface area contributed by atoms with Crippen LogP contribution in [0.25, 0.3) is 0 Å². The lowest BCUT2D eigenvalue weighted by Crippen LogP contribution is -2.30. The number of hydrogen-bond donors (Lipinski definition) is 0. The number of carbonyl (C=O) groups is 3. The van der Waals surface area contributed by atoms with Gasteiger partial charge in [-0.25, -0.2) is 0 Å². The van der Waals surface area contributed by atoms with Crippen molar-refractivity contribution in [3.8, 4) is 0 Å². The van der Waals surface area contributed by atoms with E-state index < -0.39 is 6.10 Å². The number of carbonyl (C=O) groups excluding carboxylic acids is 3. The molecule has 0 aromatic heterocycles. The maximum Gasteiger partial charge on any atom is 0.306 e. The third-order valence-electron chi connectivity index (χ3n) is 13.3. The summed E-state index contributed by atoms with van der Waals surface area (Å²) in [5.41, 5.74) is 0. The molecule has 0 saturated heterocycles. The van der Waals surface area contributed by atoms with Crippen LogP contribution in [0.1, 0.15) is 310 Å². The van der Waals surface area contributed by atoms with Gasteiger partial charge in [0.2, 0.25) is 0 Å². The summed E-state index contributed by atoms with van der Waals surface area (Å²) in [5, 5.41) is 0. The van der Waals surface area contributed by atoms with Crippen LogP contribution in [-0.4, -0.2) is 37.2 Å². The Morgan fingerprint density at radius 3 is 0.871 bits per heavy atom. The summed E-state index contributed by atoms with van der Waals surface area (Å²) in [5.74, 6) is -0.884. The molecule has 0 amide bonds. The van der Waals surface area contributed by atoms with E-state index in [1.54, 1.807) is 0 Å². The van der Waals surface area contributed by atoms with E-state index in [-0.39, 0.29) is 31.1 Å². The highest BCUT2D eigenvalue weighted by Gasteiger charge is 2.19. The SMILES string of the molecule is CC/C=C\C/C=C\C/C=C\CCCCCCCCCC(=O)OC(COC(=O)CCCCCCCC)COC(=O)CCCCCCCCCCCCCCCCCCC/C=C\C/C=C\CCCCCCC. The monoisotopic (exact) mass is 979 g/mol. The summed E-state index contributed by atoms with van der Waals surface area (Å²) < 4.78 is 16.8. The molecule has 0 aliphatic carbocycles. The van der Waals surface area contributed by atoms with Gasteiger partial charge in [-0.2, -0.15) is 0 Å². The first-order chi connectivity index (χ1) is 34.5.